The second-order valence-electron chi connectivity index (χ2n) is 5.75. The minimum Gasteiger partial charge on any atom is -0.462 e. The molecule has 0 bridgehead atoms. The SMILES string of the molecule is CCCCOC(=O)C1=C(C)Nc2ncnn2C1c1cc(Br)ccc1F. The van der Waals surface area contributed by atoms with Gasteiger partial charge in [-0.05, 0) is 31.5 Å². The first-order chi connectivity index (χ1) is 12.0. The molecule has 0 amide bonds. The van der Waals surface area contributed by atoms with Gasteiger partial charge < -0.3 is 10.1 Å². The van der Waals surface area contributed by atoms with Crippen LogP contribution < -0.4 is 5.32 Å². The minimum atomic E-state index is -0.745. The molecule has 1 aliphatic heterocycles. The van der Waals surface area contributed by atoms with Crippen molar-refractivity contribution in [3.05, 3.63) is 51.6 Å². The number of fused-ring (bicyclic) bond motifs is 1. The normalized spacial score (nSPS) is 16.4. The standard InChI is InChI=1S/C17H18BrFN4O2/c1-3-4-7-25-16(24)14-10(2)22-17-20-9-21-23(17)15(14)12-8-11(18)5-6-13(12)19/h5-6,8-9,15H,3-4,7H2,1-2H3,(H,20,21,22). The average Bonchev–Trinajstić information content (AvgIpc) is 3.04. The first-order valence-electron chi connectivity index (χ1n) is 8.02. The lowest BCUT2D eigenvalue weighted by atomic mass is 9.95. The molecule has 1 aliphatic rings. The number of unbranched alkanes of at least 4 members (excludes halogenated alkanes) is 1. The molecule has 1 atom stereocenters. The number of halogens is 2. The van der Waals surface area contributed by atoms with E-state index in [-0.39, 0.29) is 0 Å². The van der Waals surface area contributed by atoms with Gasteiger partial charge in [0.05, 0.1) is 12.2 Å². The quantitative estimate of drug-likeness (QED) is 0.601. The smallest absolute Gasteiger partial charge is 0.338 e. The summed E-state index contributed by atoms with van der Waals surface area (Å²) in [6.07, 6.45) is 3.06. The van der Waals surface area contributed by atoms with E-state index in [2.05, 4.69) is 31.3 Å². The molecular weight excluding hydrogens is 391 g/mol. The second-order valence-corrected chi connectivity index (χ2v) is 6.67. The predicted octanol–water partition coefficient (Wildman–Crippen LogP) is 3.81. The van der Waals surface area contributed by atoms with Gasteiger partial charge >= 0.3 is 5.97 Å². The van der Waals surface area contributed by atoms with Crippen LogP contribution in [0.5, 0.6) is 0 Å². The van der Waals surface area contributed by atoms with Crippen molar-refractivity contribution in [2.75, 3.05) is 11.9 Å². The van der Waals surface area contributed by atoms with Crippen molar-refractivity contribution in [1.82, 2.24) is 14.8 Å². The predicted molar refractivity (Wildman–Crippen MR) is 94.5 cm³/mol. The van der Waals surface area contributed by atoms with Crippen LogP contribution in [0.15, 0.2) is 40.3 Å². The van der Waals surface area contributed by atoms with Crippen LogP contribution >= 0.6 is 15.9 Å². The lowest BCUT2D eigenvalue weighted by Crippen LogP contribution is -2.30. The lowest BCUT2D eigenvalue weighted by molar-refractivity contribution is -0.139. The lowest BCUT2D eigenvalue weighted by Gasteiger charge is -2.28. The highest BCUT2D eigenvalue weighted by Gasteiger charge is 2.35. The number of ether oxygens (including phenoxy) is 1. The highest BCUT2D eigenvalue weighted by Crippen LogP contribution is 2.37. The topological polar surface area (TPSA) is 69.0 Å². The summed E-state index contributed by atoms with van der Waals surface area (Å²) >= 11 is 3.36. The van der Waals surface area contributed by atoms with Gasteiger partial charge in [0.25, 0.3) is 0 Å². The van der Waals surface area contributed by atoms with Crippen LogP contribution in [-0.4, -0.2) is 27.3 Å². The molecule has 3 rings (SSSR count). The van der Waals surface area contributed by atoms with Gasteiger partial charge in [-0.15, -0.1) is 0 Å². The molecule has 0 saturated carbocycles. The maximum absolute atomic E-state index is 14.5. The van der Waals surface area contributed by atoms with Crippen LogP contribution in [0.25, 0.3) is 0 Å². The van der Waals surface area contributed by atoms with E-state index < -0.39 is 17.8 Å². The molecule has 1 unspecified atom stereocenters. The van der Waals surface area contributed by atoms with E-state index in [1.54, 1.807) is 19.1 Å². The number of nitrogens with zero attached hydrogens (tertiary/aromatic N) is 3. The fourth-order valence-corrected chi connectivity index (χ4v) is 3.13. The number of carbonyl (C=O) groups excluding carboxylic acids is 1. The fraction of sp³-hybridized carbons (Fsp3) is 0.353. The zero-order chi connectivity index (χ0) is 18.0. The number of carbonyl (C=O) groups is 1. The van der Waals surface area contributed by atoms with Crippen molar-refractivity contribution in [2.24, 2.45) is 0 Å². The first kappa shape index (κ1) is 17.6. The summed E-state index contributed by atoms with van der Waals surface area (Å²) in [5.41, 5.74) is 1.22. The van der Waals surface area contributed by atoms with Gasteiger partial charge in [0.15, 0.2) is 0 Å². The van der Waals surface area contributed by atoms with Crippen molar-refractivity contribution in [3.8, 4) is 0 Å². The molecular formula is C17H18BrFN4O2. The van der Waals surface area contributed by atoms with Crippen LogP contribution in [0.1, 0.15) is 38.3 Å². The molecule has 0 radical (unpaired) electrons. The molecule has 0 saturated heterocycles. The Morgan fingerprint density at radius 2 is 2.28 bits per heavy atom. The summed E-state index contributed by atoms with van der Waals surface area (Å²) in [4.78, 5) is 16.8. The van der Waals surface area contributed by atoms with Crippen LogP contribution in [0.3, 0.4) is 0 Å². The molecule has 8 heteroatoms. The van der Waals surface area contributed by atoms with Crippen molar-refractivity contribution in [1.29, 1.82) is 0 Å². The Bertz CT molecular complexity index is 834. The van der Waals surface area contributed by atoms with E-state index in [1.807, 2.05) is 6.92 Å². The second kappa shape index (κ2) is 7.35. The number of aromatic nitrogens is 3. The van der Waals surface area contributed by atoms with Gasteiger partial charge in [-0.3, -0.25) is 0 Å². The van der Waals surface area contributed by atoms with Crippen LogP contribution in [-0.2, 0) is 9.53 Å². The zero-order valence-corrected chi connectivity index (χ0v) is 15.5. The molecule has 1 aromatic heterocycles. The molecule has 1 aromatic carbocycles. The van der Waals surface area contributed by atoms with Gasteiger partial charge in [-0.25, -0.2) is 13.9 Å². The van der Waals surface area contributed by atoms with Crippen LogP contribution in [0, 0.1) is 5.82 Å². The Hall–Kier alpha value is -2.22. The van der Waals surface area contributed by atoms with E-state index in [4.69, 9.17) is 4.74 Å². The Morgan fingerprint density at radius 1 is 1.48 bits per heavy atom. The highest BCUT2D eigenvalue weighted by atomic mass is 79.9. The number of esters is 1. The molecule has 1 N–H and O–H groups in total. The van der Waals surface area contributed by atoms with Crippen molar-refractivity contribution in [2.45, 2.75) is 32.7 Å². The summed E-state index contributed by atoms with van der Waals surface area (Å²) in [5.74, 6) is -0.459. The number of nitrogens with one attached hydrogen (secondary N) is 1. The maximum atomic E-state index is 14.5. The summed E-state index contributed by atoms with van der Waals surface area (Å²) in [5, 5.41) is 7.20. The van der Waals surface area contributed by atoms with Gasteiger partial charge in [-0.2, -0.15) is 10.1 Å². The summed E-state index contributed by atoms with van der Waals surface area (Å²) in [7, 11) is 0. The number of allylic oxidation sites excluding steroid dienone is 1. The van der Waals surface area contributed by atoms with E-state index >= 15 is 0 Å². The Kier molecular flexibility index (Phi) is 5.17. The van der Waals surface area contributed by atoms with E-state index in [0.29, 0.717) is 33.9 Å². The van der Waals surface area contributed by atoms with E-state index in [0.717, 1.165) is 12.8 Å². The third-order valence-corrected chi connectivity index (χ3v) is 4.49. The van der Waals surface area contributed by atoms with Crippen LogP contribution in [0.4, 0.5) is 10.3 Å². The summed E-state index contributed by atoms with van der Waals surface area (Å²) in [6, 6.07) is 3.86. The highest BCUT2D eigenvalue weighted by molar-refractivity contribution is 9.10. The minimum absolute atomic E-state index is 0.323. The maximum Gasteiger partial charge on any atom is 0.338 e. The fourth-order valence-electron chi connectivity index (χ4n) is 2.75. The molecule has 6 nitrogen and oxygen atoms in total. The van der Waals surface area contributed by atoms with Crippen molar-refractivity contribution < 1.29 is 13.9 Å². The summed E-state index contributed by atoms with van der Waals surface area (Å²) < 4.78 is 22.1. The molecule has 25 heavy (non-hydrogen) atoms. The van der Waals surface area contributed by atoms with E-state index in [1.165, 1.54) is 17.1 Å². The van der Waals surface area contributed by atoms with Gasteiger partial charge in [-0.1, -0.05) is 29.3 Å². The summed E-state index contributed by atoms with van der Waals surface area (Å²) in [6.45, 7) is 4.09. The molecule has 132 valence electrons. The Labute approximate surface area is 153 Å². The van der Waals surface area contributed by atoms with Crippen molar-refractivity contribution >= 4 is 27.8 Å². The van der Waals surface area contributed by atoms with Gasteiger partial charge in [0, 0.05) is 15.7 Å². The molecule has 0 fully saturated rings. The number of hydrogen-bond donors (Lipinski definition) is 1. The third-order valence-electron chi connectivity index (χ3n) is 4.00. The average molecular weight is 409 g/mol. The zero-order valence-electron chi connectivity index (χ0n) is 13.9. The largest absolute Gasteiger partial charge is 0.462 e. The Balaban J connectivity index is 2.07. The van der Waals surface area contributed by atoms with Gasteiger partial charge in [0.2, 0.25) is 5.95 Å². The van der Waals surface area contributed by atoms with E-state index in [9.17, 15) is 9.18 Å². The number of anilines is 1. The Morgan fingerprint density at radius 3 is 3.04 bits per heavy atom. The molecule has 0 spiro atoms. The third kappa shape index (κ3) is 3.44. The van der Waals surface area contributed by atoms with Gasteiger partial charge in [0.1, 0.15) is 18.2 Å². The molecule has 2 heterocycles. The molecule has 0 aliphatic carbocycles. The number of hydrogen-bond acceptors (Lipinski definition) is 5. The number of rotatable bonds is 5. The van der Waals surface area contributed by atoms with Crippen molar-refractivity contribution in [3.63, 3.8) is 0 Å². The first-order valence-corrected chi connectivity index (χ1v) is 8.81. The molecule has 2 aromatic rings. The number of benzene rings is 1. The van der Waals surface area contributed by atoms with Crippen LogP contribution in [0.2, 0.25) is 0 Å². The monoisotopic (exact) mass is 408 g/mol.